The maximum Gasteiger partial charge on any atom is 0.258 e. The van der Waals surface area contributed by atoms with Crippen molar-refractivity contribution in [2.75, 3.05) is 6.61 Å². The Bertz CT molecular complexity index is 481. The summed E-state index contributed by atoms with van der Waals surface area (Å²) < 4.78 is 6.35. The second kappa shape index (κ2) is 7.32. The van der Waals surface area contributed by atoms with Gasteiger partial charge in [0.15, 0.2) is 6.61 Å². The number of benzene rings is 1. The van der Waals surface area contributed by atoms with Crippen LogP contribution in [0, 0.1) is 5.92 Å². The van der Waals surface area contributed by atoms with Crippen LogP contribution in [0.3, 0.4) is 0 Å². The molecule has 0 heterocycles. The summed E-state index contributed by atoms with van der Waals surface area (Å²) in [4.78, 5) is 11.9. The lowest BCUT2D eigenvalue weighted by atomic mass is 9.86. The zero-order valence-corrected chi connectivity index (χ0v) is 13.8. The summed E-state index contributed by atoms with van der Waals surface area (Å²) in [5.41, 5.74) is 0. The Kier molecular flexibility index (Phi) is 5.73. The van der Waals surface area contributed by atoms with Crippen molar-refractivity contribution in [1.29, 1.82) is 0 Å². The number of hydrogen-bond donors (Lipinski definition) is 1. The summed E-state index contributed by atoms with van der Waals surface area (Å²) >= 11 is 9.37. The number of carbonyl (C=O) groups excluding carboxylic acids is 1. The molecule has 2 rings (SSSR count). The van der Waals surface area contributed by atoms with E-state index >= 15 is 0 Å². The highest BCUT2D eigenvalue weighted by Crippen LogP contribution is 2.28. The third kappa shape index (κ3) is 4.38. The van der Waals surface area contributed by atoms with Gasteiger partial charge in [0.05, 0.1) is 5.02 Å². The number of amides is 1. The van der Waals surface area contributed by atoms with Crippen LogP contribution in [0.25, 0.3) is 0 Å². The van der Waals surface area contributed by atoms with Crippen molar-refractivity contribution in [3.05, 3.63) is 27.7 Å². The first-order valence-corrected chi connectivity index (χ1v) is 8.10. The van der Waals surface area contributed by atoms with Gasteiger partial charge in [0.1, 0.15) is 5.75 Å². The zero-order chi connectivity index (χ0) is 14.5. The highest BCUT2D eigenvalue weighted by atomic mass is 79.9. The van der Waals surface area contributed by atoms with Crippen molar-refractivity contribution in [2.45, 2.75) is 38.6 Å². The molecule has 20 heavy (non-hydrogen) atoms. The summed E-state index contributed by atoms with van der Waals surface area (Å²) in [6.45, 7) is 2.20. The van der Waals surface area contributed by atoms with Crippen LogP contribution in [0.2, 0.25) is 5.02 Å². The van der Waals surface area contributed by atoms with Gasteiger partial charge in [0.2, 0.25) is 0 Å². The Hall–Kier alpha value is -0.740. The fourth-order valence-corrected chi connectivity index (χ4v) is 3.24. The van der Waals surface area contributed by atoms with Crippen LogP contribution in [-0.4, -0.2) is 18.6 Å². The minimum absolute atomic E-state index is 0.00454. The van der Waals surface area contributed by atoms with Gasteiger partial charge in [-0.15, -0.1) is 0 Å². The molecule has 0 radical (unpaired) electrons. The summed E-state index contributed by atoms with van der Waals surface area (Å²) in [6, 6.07) is 5.61. The average Bonchev–Trinajstić information content (AvgIpc) is 2.40. The monoisotopic (exact) mass is 359 g/mol. The van der Waals surface area contributed by atoms with Crippen LogP contribution in [-0.2, 0) is 4.79 Å². The van der Waals surface area contributed by atoms with Crippen LogP contribution in [0.1, 0.15) is 32.6 Å². The normalized spacial score (nSPS) is 22.4. The molecule has 1 aromatic rings. The van der Waals surface area contributed by atoms with Gasteiger partial charge in [-0.05, 0) is 37.0 Å². The van der Waals surface area contributed by atoms with Crippen LogP contribution >= 0.6 is 27.5 Å². The first-order chi connectivity index (χ1) is 9.56. The van der Waals surface area contributed by atoms with Crippen molar-refractivity contribution < 1.29 is 9.53 Å². The fraction of sp³-hybridized carbons (Fsp3) is 0.533. The molecule has 1 N–H and O–H groups in total. The molecule has 1 amide bonds. The molecule has 2 atom stereocenters. The molecule has 0 aromatic heterocycles. The van der Waals surface area contributed by atoms with E-state index in [9.17, 15) is 4.79 Å². The molecule has 1 aliphatic carbocycles. The third-order valence-corrected chi connectivity index (χ3v) is 4.50. The zero-order valence-electron chi connectivity index (χ0n) is 11.5. The van der Waals surface area contributed by atoms with E-state index in [4.69, 9.17) is 16.3 Å². The smallest absolute Gasteiger partial charge is 0.258 e. The molecule has 5 heteroatoms. The minimum Gasteiger partial charge on any atom is -0.482 e. The largest absolute Gasteiger partial charge is 0.482 e. The first kappa shape index (κ1) is 15.6. The maximum absolute atomic E-state index is 11.9. The number of nitrogens with one attached hydrogen (secondary N) is 1. The van der Waals surface area contributed by atoms with Gasteiger partial charge in [0.25, 0.3) is 5.91 Å². The van der Waals surface area contributed by atoms with Gasteiger partial charge in [-0.25, -0.2) is 0 Å². The molecule has 1 aliphatic rings. The summed E-state index contributed by atoms with van der Waals surface area (Å²) in [7, 11) is 0. The van der Waals surface area contributed by atoms with E-state index in [1.54, 1.807) is 12.1 Å². The second-order valence-electron chi connectivity index (χ2n) is 5.30. The van der Waals surface area contributed by atoms with Gasteiger partial charge in [-0.3, -0.25) is 4.79 Å². The van der Waals surface area contributed by atoms with Gasteiger partial charge in [0, 0.05) is 10.5 Å². The molecular weight excluding hydrogens is 342 g/mol. The van der Waals surface area contributed by atoms with Crippen LogP contribution in [0.4, 0.5) is 0 Å². The Balaban J connectivity index is 1.82. The number of carbonyl (C=O) groups is 1. The number of hydrogen-bond acceptors (Lipinski definition) is 2. The van der Waals surface area contributed by atoms with Gasteiger partial charge >= 0.3 is 0 Å². The molecule has 1 fully saturated rings. The lowest BCUT2D eigenvalue weighted by molar-refractivity contribution is -0.124. The first-order valence-electron chi connectivity index (χ1n) is 6.93. The van der Waals surface area contributed by atoms with Gasteiger partial charge < -0.3 is 10.1 Å². The van der Waals surface area contributed by atoms with E-state index < -0.39 is 0 Å². The quantitative estimate of drug-likeness (QED) is 0.875. The molecule has 0 spiro atoms. The minimum atomic E-state index is -0.0808. The van der Waals surface area contributed by atoms with Gasteiger partial charge in [-0.2, -0.15) is 0 Å². The summed E-state index contributed by atoms with van der Waals surface area (Å²) in [5.74, 6) is 0.994. The Morgan fingerprint density at radius 3 is 2.90 bits per heavy atom. The Morgan fingerprint density at radius 2 is 2.20 bits per heavy atom. The van der Waals surface area contributed by atoms with Crippen LogP contribution < -0.4 is 10.1 Å². The van der Waals surface area contributed by atoms with E-state index in [0.717, 1.165) is 10.9 Å². The summed E-state index contributed by atoms with van der Waals surface area (Å²) in [5, 5.41) is 3.55. The highest BCUT2D eigenvalue weighted by Gasteiger charge is 2.22. The van der Waals surface area contributed by atoms with E-state index in [1.165, 1.54) is 19.3 Å². The van der Waals surface area contributed by atoms with Crippen molar-refractivity contribution in [2.24, 2.45) is 5.92 Å². The third-order valence-electron chi connectivity index (χ3n) is 3.71. The van der Waals surface area contributed by atoms with E-state index in [-0.39, 0.29) is 18.6 Å². The highest BCUT2D eigenvalue weighted by molar-refractivity contribution is 9.10. The van der Waals surface area contributed by atoms with Crippen molar-refractivity contribution >= 4 is 33.4 Å². The van der Waals surface area contributed by atoms with Crippen LogP contribution in [0.15, 0.2) is 22.7 Å². The predicted octanol–water partition coefficient (Wildman–Crippen LogP) is 4.18. The van der Waals surface area contributed by atoms with E-state index in [0.29, 0.717) is 16.7 Å². The molecular formula is C15H19BrClNO2. The number of ether oxygens (including phenoxy) is 1. The molecule has 1 aromatic carbocycles. The molecule has 2 unspecified atom stereocenters. The maximum atomic E-state index is 11.9. The van der Waals surface area contributed by atoms with Crippen molar-refractivity contribution in [1.82, 2.24) is 5.32 Å². The standard InChI is InChI=1S/C15H19BrClNO2/c1-10-4-2-3-5-13(10)18-15(19)9-20-14-7-6-11(16)8-12(14)17/h6-8,10,13H,2-5,9H2,1H3,(H,18,19). The molecule has 3 nitrogen and oxygen atoms in total. The summed E-state index contributed by atoms with van der Waals surface area (Å²) in [6.07, 6.45) is 4.70. The molecule has 0 saturated heterocycles. The van der Waals surface area contributed by atoms with Crippen LogP contribution in [0.5, 0.6) is 5.75 Å². The number of halogens is 2. The second-order valence-corrected chi connectivity index (χ2v) is 6.62. The van der Waals surface area contributed by atoms with Gasteiger partial charge in [-0.1, -0.05) is 47.3 Å². The average molecular weight is 361 g/mol. The molecule has 0 bridgehead atoms. The Labute approximate surface area is 133 Å². The fourth-order valence-electron chi connectivity index (χ4n) is 2.51. The van der Waals surface area contributed by atoms with Crippen molar-refractivity contribution in [3.8, 4) is 5.75 Å². The number of rotatable bonds is 4. The van der Waals surface area contributed by atoms with E-state index in [1.807, 2.05) is 6.07 Å². The van der Waals surface area contributed by atoms with E-state index in [2.05, 4.69) is 28.2 Å². The molecule has 110 valence electrons. The lowest BCUT2D eigenvalue weighted by Gasteiger charge is -2.29. The van der Waals surface area contributed by atoms with Crippen molar-refractivity contribution in [3.63, 3.8) is 0 Å². The predicted molar refractivity (Wildman–Crippen MR) is 84.2 cm³/mol. The topological polar surface area (TPSA) is 38.3 Å². The lowest BCUT2D eigenvalue weighted by Crippen LogP contribution is -2.43. The Morgan fingerprint density at radius 1 is 1.45 bits per heavy atom. The molecule has 1 saturated carbocycles. The SMILES string of the molecule is CC1CCCCC1NC(=O)COc1ccc(Br)cc1Cl. The molecule has 0 aliphatic heterocycles.